The SMILES string of the molecule is CC1CCN(C(=O)C2CCCN2C2CCNCC2)C(C)C1. The van der Waals surface area contributed by atoms with Gasteiger partial charge in [0.05, 0.1) is 6.04 Å². The van der Waals surface area contributed by atoms with E-state index in [-0.39, 0.29) is 6.04 Å². The van der Waals surface area contributed by atoms with Gasteiger partial charge in [-0.2, -0.15) is 0 Å². The van der Waals surface area contributed by atoms with E-state index in [1.54, 1.807) is 0 Å². The molecule has 0 aromatic rings. The second-order valence-electron chi connectivity index (χ2n) is 7.39. The second-order valence-corrected chi connectivity index (χ2v) is 7.39. The van der Waals surface area contributed by atoms with Crippen LogP contribution < -0.4 is 5.32 Å². The first-order chi connectivity index (χ1) is 10.2. The molecule has 0 aromatic carbocycles. The van der Waals surface area contributed by atoms with Crippen molar-refractivity contribution in [1.82, 2.24) is 15.1 Å². The van der Waals surface area contributed by atoms with Gasteiger partial charge in [0.15, 0.2) is 0 Å². The Labute approximate surface area is 129 Å². The lowest BCUT2D eigenvalue weighted by Gasteiger charge is -2.41. The fourth-order valence-corrected chi connectivity index (χ4v) is 4.56. The second kappa shape index (κ2) is 6.66. The van der Waals surface area contributed by atoms with Crippen molar-refractivity contribution < 1.29 is 4.79 Å². The normalized spacial score (nSPS) is 36.1. The van der Waals surface area contributed by atoms with E-state index in [2.05, 4.69) is 29.0 Å². The zero-order chi connectivity index (χ0) is 14.8. The fraction of sp³-hybridized carbons (Fsp3) is 0.941. The van der Waals surface area contributed by atoms with Gasteiger partial charge in [-0.25, -0.2) is 0 Å². The molecule has 0 spiro atoms. The summed E-state index contributed by atoms with van der Waals surface area (Å²) in [5.74, 6) is 1.19. The summed E-state index contributed by atoms with van der Waals surface area (Å²) < 4.78 is 0. The largest absolute Gasteiger partial charge is 0.339 e. The number of carbonyl (C=O) groups excluding carboxylic acids is 1. The topological polar surface area (TPSA) is 35.6 Å². The molecule has 1 amide bonds. The summed E-state index contributed by atoms with van der Waals surface area (Å²) in [5.41, 5.74) is 0. The number of amides is 1. The van der Waals surface area contributed by atoms with Gasteiger partial charge in [-0.3, -0.25) is 9.69 Å². The molecule has 4 nitrogen and oxygen atoms in total. The third-order valence-electron chi connectivity index (χ3n) is 5.78. The van der Waals surface area contributed by atoms with Crippen LogP contribution >= 0.6 is 0 Å². The van der Waals surface area contributed by atoms with Crippen LogP contribution in [0.5, 0.6) is 0 Å². The van der Waals surface area contributed by atoms with Gasteiger partial charge in [0, 0.05) is 18.6 Å². The standard InChI is InChI=1S/C17H31N3O/c1-13-7-11-19(14(2)12-13)17(21)16-4-3-10-20(16)15-5-8-18-9-6-15/h13-16,18H,3-12H2,1-2H3. The summed E-state index contributed by atoms with van der Waals surface area (Å²) in [5, 5.41) is 3.44. The predicted molar refractivity (Wildman–Crippen MR) is 85.2 cm³/mol. The van der Waals surface area contributed by atoms with Gasteiger partial charge in [-0.05, 0) is 71.0 Å². The van der Waals surface area contributed by atoms with Crippen LogP contribution in [0.25, 0.3) is 0 Å². The molecule has 3 aliphatic heterocycles. The van der Waals surface area contributed by atoms with Crippen molar-refractivity contribution in [2.45, 2.75) is 70.5 Å². The van der Waals surface area contributed by atoms with E-state index in [9.17, 15) is 4.79 Å². The van der Waals surface area contributed by atoms with Crippen molar-refractivity contribution in [3.63, 3.8) is 0 Å². The number of carbonyl (C=O) groups is 1. The summed E-state index contributed by atoms with van der Waals surface area (Å²) in [6.07, 6.45) is 7.02. The summed E-state index contributed by atoms with van der Waals surface area (Å²) in [7, 11) is 0. The van der Waals surface area contributed by atoms with Crippen LogP contribution in [0.15, 0.2) is 0 Å². The van der Waals surface area contributed by atoms with Crippen LogP contribution in [0.2, 0.25) is 0 Å². The van der Waals surface area contributed by atoms with E-state index >= 15 is 0 Å². The average molecular weight is 293 g/mol. The Morgan fingerprint density at radius 1 is 1.05 bits per heavy atom. The molecular weight excluding hydrogens is 262 g/mol. The molecule has 3 aliphatic rings. The zero-order valence-corrected chi connectivity index (χ0v) is 13.7. The molecule has 3 heterocycles. The summed E-state index contributed by atoms with van der Waals surface area (Å²) in [4.78, 5) is 17.8. The van der Waals surface area contributed by atoms with Crippen LogP contribution in [-0.2, 0) is 4.79 Å². The minimum Gasteiger partial charge on any atom is -0.339 e. The number of nitrogens with one attached hydrogen (secondary N) is 1. The lowest BCUT2D eigenvalue weighted by Crippen LogP contribution is -2.54. The first-order valence-electron chi connectivity index (χ1n) is 8.93. The molecule has 0 radical (unpaired) electrons. The highest BCUT2D eigenvalue weighted by Gasteiger charge is 2.39. The minimum absolute atomic E-state index is 0.170. The minimum atomic E-state index is 0.170. The molecule has 1 N–H and O–H groups in total. The van der Waals surface area contributed by atoms with Crippen LogP contribution in [0.1, 0.15) is 52.4 Å². The van der Waals surface area contributed by atoms with Gasteiger partial charge in [-0.15, -0.1) is 0 Å². The van der Waals surface area contributed by atoms with E-state index in [0.29, 0.717) is 18.0 Å². The van der Waals surface area contributed by atoms with Crippen LogP contribution in [0.3, 0.4) is 0 Å². The first-order valence-corrected chi connectivity index (χ1v) is 8.93. The highest BCUT2D eigenvalue weighted by Crippen LogP contribution is 2.29. The molecule has 0 saturated carbocycles. The molecule has 0 bridgehead atoms. The number of rotatable bonds is 2. The molecular formula is C17H31N3O. The Kier molecular flexibility index (Phi) is 4.85. The van der Waals surface area contributed by atoms with Crippen molar-refractivity contribution in [2.75, 3.05) is 26.2 Å². The monoisotopic (exact) mass is 293 g/mol. The van der Waals surface area contributed by atoms with E-state index in [0.717, 1.165) is 38.5 Å². The predicted octanol–water partition coefficient (Wildman–Crippen LogP) is 1.85. The number of hydrogen-bond acceptors (Lipinski definition) is 3. The van der Waals surface area contributed by atoms with E-state index in [1.807, 2.05) is 0 Å². The molecule has 3 rings (SSSR count). The lowest BCUT2D eigenvalue weighted by atomic mass is 9.92. The summed E-state index contributed by atoms with van der Waals surface area (Å²) in [6, 6.07) is 1.22. The van der Waals surface area contributed by atoms with Gasteiger partial charge >= 0.3 is 0 Å². The van der Waals surface area contributed by atoms with Gasteiger partial charge in [0.2, 0.25) is 5.91 Å². The number of piperidine rings is 2. The zero-order valence-electron chi connectivity index (χ0n) is 13.7. The maximum absolute atomic E-state index is 13.0. The molecule has 0 aliphatic carbocycles. The Morgan fingerprint density at radius 3 is 2.52 bits per heavy atom. The quantitative estimate of drug-likeness (QED) is 0.844. The Bertz CT molecular complexity index is 367. The van der Waals surface area contributed by atoms with Gasteiger partial charge in [-0.1, -0.05) is 6.92 Å². The van der Waals surface area contributed by atoms with E-state index < -0.39 is 0 Å². The van der Waals surface area contributed by atoms with Crippen molar-refractivity contribution in [3.8, 4) is 0 Å². The Hall–Kier alpha value is -0.610. The maximum atomic E-state index is 13.0. The highest BCUT2D eigenvalue weighted by atomic mass is 16.2. The number of hydrogen-bond donors (Lipinski definition) is 1. The fourth-order valence-electron chi connectivity index (χ4n) is 4.56. The van der Waals surface area contributed by atoms with Crippen LogP contribution in [0, 0.1) is 5.92 Å². The third-order valence-corrected chi connectivity index (χ3v) is 5.78. The van der Waals surface area contributed by atoms with Crippen molar-refractivity contribution >= 4 is 5.91 Å². The third kappa shape index (κ3) is 3.26. The van der Waals surface area contributed by atoms with Crippen molar-refractivity contribution in [2.24, 2.45) is 5.92 Å². The van der Waals surface area contributed by atoms with Crippen molar-refractivity contribution in [3.05, 3.63) is 0 Å². The van der Waals surface area contributed by atoms with Gasteiger partial charge in [0.25, 0.3) is 0 Å². The smallest absolute Gasteiger partial charge is 0.240 e. The molecule has 21 heavy (non-hydrogen) atoms. The molecule has 3 fully saturated rings. The molecule has 4 heteroatoms. The van der Waals surface area contributed by atoms with Gasteiger partial charge in [0.1, 0.15) is 0 Å². The van der Waals surface area contributed by atoms with E-state index in [4.69, 9.17) is 0 Å². The first kappa shape index (κ1) is 15.3. The van der Waals surface area contributed by atoms with Crippen molar-refractivity contribution in [1.29, 1.82) is 0 Å². The molecule has 3 saturated heterocycles. The molecule has 0 aromatic heterocycles. The maximum Gasteiger partial charge on any atom is 0.240 e. The highest BCUT2D eigenvalue weighted by molar-refractivity contribution is 5.82. The average Bonchev–Trinajstić information content (AvgIpc) is 2.97. The lowest BCUT2D eigenvalue weighted by molar-refractivity contribution is -0.140. The summed E-state index contributed by atoms with van der Waals surface area (Å²) >= 11 is 0. The van der Waals surface area contributed by atoms with Gasteiger partial charge < -0.3 is 10.2 Å². The number of nitrogens with zero attached hydrogens (tertiary/aromatic N) is 2. The molecule has 120 valence electrons. The molecule has 3 unspecified atom stereocenters. The Balaban J connectivity index is 1.65. The summed E-state index contributed by atoms with van der Waals surface area (Å²) in [6.45, 7) is 8.86. The Morgan fingerprint density at radius 2 is 1.81 bits per heavy atom. The van der Waals surface area contributed by atoms with E-state index in [1.165, 1.54) is 32.1 Å². The molecule has 3 atom stereocenters. The van der Waals surface area contributed by atoms with Crippen LogP contribution in [0.4, 0.5) is 0 Å². The number of likely N-dealkylation sites (tertiary alicyclic amines) is 2. The van der Waals surface area contributed by atoms with Crippen LogP contribution in [-0.4, -0.2) is 60.0 Å².